The first-order chi connectivity index (χ1) is 21.9. The summed E-state index contributed by atoms with van der Waals surface area (Å²) in [5, 5.41) is 6.90. The van der Waals surface area contributed by atoms with Crippen LogP contribution in [-0.4, -0.2) is 25.9 Å². The molecule has 0 aliphatic carbocycles. The van der Waals surface area contributed by atoms with Crippen LogP contribution < -0.4 is 9.47 Å². The van der Waals surface area contributed by atoms with Gasteiger partial charge in [0.1, 0.15) is 11.6 Å². The fraction of sp³-hybridized carbons (Fsp3) is 0.179. The van der Waals surface area contributed by atoms with Gasteiger partial charge in [-0.1, -0.05) is 37.6 Å². The summed E-state index contributed by atoms with van der Waals surface area (Å²) >= 11 is 0. The Morgan fingerprint density at radius 3 is 2.41 bits per heavy atom. The van der Waals surface area contributed by atoms with Gasteiger partial charge in [-0.3, -0.25) is 4.68 Å². The van der Waals surface area contributed by atoms with Crippen LogP contribution >= 0.6 is 0 Å². The molecule has 0 amide bonds. The molecular formula is C39H34N4O2Pt. The number of nitrogens with zero attached hydrogens (tertiary/aromatic N) is 4. The van der Waals surface area contributed by atoms with Crippen molar-refractivity contribution >= 4 is 21.8 Å². The zero-order valence-corrected chi connectivity index (χ0v) is 28.7. The molecule has 7 heteroatoms. The smallest absolute Gasteiger partial charge is 0.509 e. The van der Waals surface area contributed by atoms with Crippen LogP contribution in [0.1, 0.15) is 43.4 Å². The van der Waals surface area contributed by atoms with E-state index >= 15 is 0 Å². The van der Waals surface area contributed by atoms with E-state index < -0.39 is 0 Å². The molecule has 0 radical (unpaired) electrons. The van der Waals surface area contributed by atoms with E-state index in [0.717, 1.165) is 61.3 Å². The Bertz CT molecular complexity index is 2160. The zero-order valence-electron chi connectivity index (χ0n) is 26.4. The first-order valence-corrected chi connectivity index (χ1v) is 15.3. The number of ether oxygens (including phenoxy) is 2. The van der Waals surface area contributed by atoms with Gasteiger partial charge in [0.15, 0.2) is 0 Å². The molecule has 232 valence electrons. The van der Waals surface area contributed by atoms with Crippen LogP contribution in [0.3, 0.4) is 0 Å². The van der Waals surface area contributed by atoms with Gasteiger partial charge in [0.2, 0.25) is 0 Å². The van der Waals surface area contributed by atoms with Crippen molar-refractivity contribution in [2.24, 2.45) is 0 Å². The molecule has 3 aromatic heterocycles. The van der Waals surface area contributed by atoms with Crippen LogP contribution in [0.15, 0.2) is 97.5 Å². The summed E-state index contributed by atoms with van der Waals surface area (Å²) in [7, 11) is 0. The molecule has 0 aliphatic heterocycles. The van der Waals surface area contributed by atoms with Crippen molar-refractivity contribution in [3.05, 3.63) is 126 Å². The molecule has 0 aliphatic rings. The normalized spacial score (nSPS) is 11.3. The first-order valence-electron chi connectivity index (χ1n) is 15.3. The average molecular weight is 786 g/mol. The number of hydrogen-bond acceptors (Lipinski definition) is 4. The molecule has 0 unspecified atom stereocenters. The Hall–Kier alpha value is -4.67. The monoisotopic (exact) mass is 785 g/mol. The van der Waals surface area contributed by atoms with Gasteiger partial charge in [0.05, 0.1) is 12.8 Å². The van der Waals surface area contributed by atoms with E-state index in [1.165, 1.54) is 5.56 Å². The van der Waals surface area contributed by atoms with Gasteiger partial charge in [-0.05, 0) is 90.3 Å². The van der Waals surface area contributed by atoms with Crippen molar-refractivity contribution in [3.8, 4) is 39.9 Å². The Morgan fingerprint density at radius 2 is 1.63 bits per heavy atom. The van der Waals surface area contributed by atoms with Gasteiger partial charge in [0, 0.05) is 35.0 Å². The second kappa shape index (κ2) is 13.0. The summed E-state index contributed by atoms with van der Waals surface area (Å²) in [5.41, 5.74) is 8.50. The second-order valence-corrected chi connectivity index (χ2v) is 11.6. The zero-order chi connectivity index (χ0) is 31.1. The summed E-state index contributed by atoms with van der Waals surface area (Å²) in [6.45, 7) is 11.2. The molecule has 0 spiro atoms. The number of fused-ring (bicyclic) bond motifs is 3. The maximum absolute atomic E-state index is 6.36. The third-order valence-electron chi connectivity index (χ3n) is 8.13. The largest absolute Gasteiger partial charge is 2.00 e. The molecule has 0 bridgehead atoms. The number of para-hydroxylation sites is 1. The Morgan fingerprint density at radius 1 is 0.848 bits per heavy atom. The number of pyridine rings is 1. The first kappa shape index (κ1) is 31.3. The van der Waals surface area contributed by atoms with Crippen molar-refractivity contribution in [3.63, 3.8) is 0 Å². The van der Waals surface area contributed by atoms with E-state index in [-0.39, 0.29) is 21.1 Å². The minimum atomic E-state index is 0. The number of benzene rings is 4. The van der Waals surface area contributed by atoms with Gasteiger partial charge in [0.25, 0.3) is 0 Å². The molecule has 0 saturated carbocycles. The van der Waals surface area contributed by atoms with E-state index in [2.05, 4.69) is 104 Å². The molecular weight excluding hydrogens is 752 g/mol. The predicted molar refractivity (Wildman–Crippen MR) is 180 cm³/mol. The van der Waals surface area contributed by atoms with Crippen LogP contribution in [-0.2, 0) is 21.1 Å². The van der Waals surface area contributed by atoms with Gasteiger partial charge < -0.3 is 14.0 Å². The molecule has 0 fully saturated rings. The minimum absolute atomic E-state index is 0. The summed E-state index contributed by atoms with van der Waals surface area (Å²) in [5.74, 6) is 3.32. The number of aryl methyl sites for hydroxylation is 2. The van der Waals surface area contributed by atoms with Crippen molar-refractivity contribution in [1.29, 1.82) is 0 Å². The van der Waals surface area contributed by atoms with Gasteiger partial charge in [-0.25, -0.2) is 4.98 Å². The summed E-state index contributed by atoms with van der Waals surface area (Å²) in [4.78, 5) is 4.75. The third kappa shape index (κ3) is 5.86. The average Bonchev–Trinajstić information content (AvgIpc) is 3.64. The molecule has 0 N–H and O–H groups in total. The Balaban J connectivity index is 0.00000372. The molecule has 3 heterocycles. The van der Waals surface area contributed by atoms with Crippen LogP contribution in [0.4, 0.5) is 0 Å². The second-order valence-electron chi connectivity index (χ2n) is 11.6. The molecule has 7 aromatic rings. The Kier molecular flexibility index (Phi) is 8.84. The standard InChI is InChI=1S/C39H34N4O2.Pt/c1-6-44-33-18-26(4)39(27(5)19-33)29-23-41-42(24-29)30-10-9-11-31(21-30)45-32-14-15-35-34-12-7-8-13-36(34)43(37(35)22-32)38-20-28(25(2)3)16-17-40-38;/h7-20,23-25H,6H2,1-5H3;/q-2;+2. The van der Waals surface area contributed by atoms with Crippen molar-refractivity contribution in [2.75, 3.05) is 6.61 Å². The van der Waals surface area contributed by atoms with Crippen LogP contribution in [0.25, 0.3) is 44.4 Å². The van der Waals surface area contributed by atoms with E-state index in [0.29, 0.717) is 24.0 Å². The van der Waals surface area contributed by atoms with Crippen molar-refractivity contribution < 1.29 is 30.5 Å². The van der Waals surface area contributed by atoms with Crippen LogP contribution in [0.5, 0.6) is 17.2 Å². The fourth-order valence-electron chi connectivity index (χ4n) is 6.05. The maximum atomic E-state index is 6.36. The topological polar surface area (TPSA) is 54.1 Å². The van der Waals surface area contributed by atoms with Crippen molar-refractivity contribution in [1.82, 2.24) is 19.3 Å². The molecule has 6 nitrogen and oxygen atoms in total. The van der Waals surface area contributed by atoms with Crippen LogP contribution in [0, 0.1) is 26.0 Å². The number of aromatic nitrogens is 4. The molecule has 4 aromatic carbocycles. The van der Waals surface area contributed by atoms with Crippen molar-refractivity contribution in [2.45, 2.75) is 40.5 Å². The van der Waals surface area contributed by atoms with E-state index in [1.54, 1.807) is 0 Å². The molecule has 7 rings (SSSR count). The van der Waals surface area contributed by atoms with E-state index in [9.17, 15) is 0 Å². The molecule has 46 heavy (non-hydrogen) atoms. The third-order valence-corrected chi connectivity index (χ3v) is 8.13. The molecule has 0 saturated heterocycles. The SMILES string of the molecule is CCOc1cc(C)c(-c2cnn(-c3[c-]c(Oc4[c-]c5c(cc4)c4ccccc4n5-c4cc(C(C)C)ccn4)ccc3)c2)c(C)c1.[Pt+2]. The fourth-order valence-corrected chi connectivity index (χ4v) is 6.05. The predicted octanol–water partition coefficient (Wildman–Crippen LogP) is 9.56. The number of rotatable bonds is 8. The quantitative estimate of drug-likeness (QED) is 0.144. The minimum Gasteiger partial charge on any atom is -0.509 e. The number of hydrogen-bond donors (Lipinski definition) is 0. The Labute approximate surface area is 283 Å². The van der Waals surface area contributed by atoms with E-state index in [1.807, 2.05) is 54.5 Å². The summed E-state index contributed by atoms with van der Waals surface area (Å²) in [6.07, 6.45) is 5.80. The van der Waals surface area contributed by atoms with Gasteiger partial charge >= 0.3 is 21.1 Å². The molecule has 0 atom stereocenters. The van der Waals surface area contributed by atoms with E-state index in [4.69, 9.17) is 14.5 Å². The van der Waals surface area contributed by atoms with Gasteiger partial charge in [-0.15, -0.1) is 35.7 Å². The van der Waals surface area contributed by atoms with Crippen LogP contribution in [0.2, 0.25) is 0 Å². The summed E-state index contributed by atoms with van der Waals surface area (Å²) in [6, 6.07) is 33.6. The van der Waals surface area contributed by atoms with Gasteiger partial charge in [-0.2, -0.15) is 17.2 Å². The summed E-state index contributed by atoms with van der Waals surface area (Å²) < 4.78 is 16.1. The maximum Gasteiger partial charge on any atom is 2.00 e.